The Kier molecular flexibility index (Phi) is 2.14. The van der Waals surface area contributed by atoms with Crippen molar-refractivity contribution in [3.05, 3.63) is 29.8 Å². The number of nitrogens with zero attached hydrogens (tertiary/aromatic N) is 3. The van der Waals surface area contributed by atoms with E-state index in [4.69, 9.17) is 5.73 Å². The molecule has 3 rings (SSSR count). The SMILES string of the molecule is Cn1nc(C2CC2)nc1-c1ccc(F)cc1N. The fourth-order valence-electron chi connectivity index (χ4n) is 1.89. The molecule has 1 heterocycles. The van der Waals surface area contributed by atoms with Crippen LogP contribution < -0.4 is 5.73 Å². The topological polar surface area (TPSA) is 56.7 Å². The summed E-state index contributed by atoms with van der Waals surface area (Å²) in [6.45, 7) is 0. The van der Waals surface area contributed by atoms with Crippen LogP contribution in [0.1, 0.15) is 24.6 Å². The van der Waals surface area contributed by atoms with Crippen LogP contribution in [-0.4, -0.2) is 14.8 Å². The number of aromatic nitrogens is 3. The van der Waals surface area contributed by atoms with Gasteiger partial charge in [-0.2, -0.15) is 5.10 Å². The molecule has 2 aromatic rings. The third-order valence-electron chi connectivity index (χ3n) is 2.98. The number of nitrogen functional groups attached to an aromatic ring is 1. The van der Waals surface area contributed by atoms with Gasteiger partial charge >= 0.3 is 0 Å². The highest BCUT2D eigenvalue weighted by molar-refractivity contribution is 5.71. The number of benzene rings is 1. The lowest BCUT2D eigenvalue weighted by Crippen LogP contribution is -1.98. The second-order valence-electron chi connectivity index (χ2n) is 4.42. The van der Waals surface area contributed by atoms with E-state index >= 15 is 0 Å². The third-order valence-corrected chi connectivity index (χ3v) is 2.98. The first-order valence-electron chi connectivity index (χ1n) is 5.61. The summed E-state index contributed by atoms with van der Waals surface area (Å²) in [4.78, 5) is 4.48. The van der Waals surface area contributed by atoms with Gasteiger partial charge in [0.05, 0.1) is 0 Å². The number of hydrogen-bond acceptors (Lipinski definition) is 3. The predicted octanol–water partition coefficient (Wildman–Crippen LogP) is 2.08. The van der Waals surface area contributed by atoms with Crippen LogP contribution in [0.3, 0.4) is 0 Å². The van der Waals surface area contributed by atoms with E-state index in [9.17, 15) is 4.39 Å². The van der Waals surface area contributed by atoms with Crippen molar-refractivity contribution in [2.24, 2.45) is 7.05 Å². The third kappa shape index (κ3) is 1.77. The van der Waals surface area contributed by atoms with Crippen LogP contribution in [0.25, 0.3) is 11.4 Å². The van der Waals surface area contributed by atoms with Gasteiger partial charge < -0.3 is 5.73 Å². The number of nitrogens with two attached hydrogens (primary N) is 1. The van der Waals surface area contributed by atoms with E-state index in [0.29, 0.717) is 17.4 Å². The fourth-order valence-corrected chi connectivity index (χ4v) is 1.89. The largest absolute Gasteiger partial charge is 0.398 e. The van der Waals surface area contributed by atoms with Crippen LogP contribution in [0, 0.1) is 5.82 Å². The average Bonchev–Trinajstić information content (AvgIpc) is 3.04. The Hall–Kier alpha value is -1.91. The lowest BCUT2D eigenvalue weighted by Gasteiger charge is -2.03. The molecule has 88 valence electrons. The maximum absolute atomic E-state index is 13.0. The Morgan fingerprint density at radius 1 is 1.41 bits per heavy atom. The predicted molar refractivity (Wildman–Crippen MR) is 62.8 cm³/mol. The minimum atomic E-state index is -0.337. The molecule has 0 bridgehead atoms. The number of aryl methyl sites for hydroxylation is 1. The maximum atomic E-state index is 13.0. The quantitative estimate of drug-likeness (QED) is 0.806. The van der Waals surface area contributed by atoms with Crippen LogP contribution >= 0.6 is 0 Å². The molecule has 1 aliphatic carbocycles. The Morgan fingerprint density at radius 2 is 2.18 bits per heavy atom. The average molecular weight is 232 g/mol. The van der Waals surface area contributed by atoms with E-state index in [0.717, 1.165) is 24.2 Å². The molecule has 0 radical (unpaired) electrons. The molecule has 0 unspecified atom stereocenters. The lowest BCUT2D eigenvalue weighted by molar-refractivity contribution is 0.628. The molecule has 17 heavy (non-hydrogen) atoms. The highest BCUT2D eigenvalue weighted by Gasteiger charge is 2.28. The van der Waals surface area contributed by atoms with E-state index < -0.39 is 0 Å². The minimum absolute atomic E-state index is 0.337. The number of halogens is 1. The van der Waals surface area contributed by atoms with Crippen molar-refractivity contribution in [3.63, 3.8) is 0 Å². The molecule has 0 aliphatic heterocycles. The zero-order valence-electron chi connectivity index (χ0n) is 9.52. The molecule has 1 aromatic heterocycles. The summed E-state index contributed by atoms with van der Waals surface area (Å²) in [7, 11) is 1.83. The Bertz CT molecular complexity index is 572. The van der Waals surface area contributed by atoms with Crippen molar-refractivity contribution >= 4 is 5.69 Å². The molecule has 4 nitrogen and oxygen atoms in total. The van der Waals surface area contributed by atoms with E-state index in [2.05, 4.69) is 10.1 Å². The van der Waals surface area contributed by atoms with Crippen molar-refractivity contribution in [1.82, 2.24) is 14.8 Å². The summed E-state index contributed by atoms with van der Waals surface area (Å²) in [5.74, 6) is 1.73. The highest BCUT2D eigenvalue weighted by atomic mass is 19.1. The van der Waals surface area contributed by atoms with E-state index in [1.54, 1.807) is 10.7 Å². The monoisotopic (exact) mass is 232 g/mol. The maximum Gasteiger partial charge on any atom is 0.160 e. The molecular formula is C12H13FN4. The molecule has 1 saturated carbocycles. The van der Waals surface area contributed by atoms with Gasteiger partial charge in [-0.1, -0.05) is 0 Å². The molecule has 0 atom stereocenters. The molecule has 1 fully saturated rings. The Morgan fingerprint density at radius 3 is 2.82 bits per heavy atom. The molecule has 0 saturated heterocycles. The second-order valence-corrected chi connectivity index (χ2v) is 4.42. The Labute approximate surface area is 98.3 Å². The molecule has 0 spiro atoms. The van der Waals surface area contributed by atoms with Crippen molar-refractivity contribution in [2.75, 3.05) is 5.73 Å². The van der Waals surface area contributed by atoms with E-state index in [1.165, 1.54) is 12.1 Å². The van der Waals surface area contributed by atoms with Gasteiger partial charge in [-0.05, 0) is 31.0 Å². The number of rotatable bonds is 2. The summed E-state index contributed by atoms with van der Waals surface area (Å²) in [6.07, 6.45) is 2.31. The van der Waals surface area contributed by atoms with Crippen molar-refractivity contribution in [1.29, 1.82) is 0 Å². The zero-order valence-corrected chi connectivity index (χ0v) is 9.52. The van der Waals surface area contributed by atoms with Gasteiger partial charge in [0.1, 0.15) is 5.82 Å². The van der Waals surface area contributed by atoms with Crippen LogP contribution in [0.15, 0.2) is 18.2 Å². The smallest absolute Gasteiger partial charge is 0.160 e. The first kappa shape index (κ1) is 10.3. The minimum Gasteiger partial charge on any atom is -0.398 e. The van der Waals surface area contributed by atoms with Crippen molar-refractivity contribution in [3.8, 4) is 11.4 Å². The van der Waals surface area contributed by atoms with Crippen LogP contribution in [-0.2, 0) is 7.05 Å². The summed E-state index contributed by atoms with van der Waals surface area (Å²) in [5.41, 5.74) is 6.92. The highest BCUT2D eigenvalue weighted by Crippen LogP contribution is 2.39. The standard InChI is InChI=1S/C12H13FN4/c1-17-12(15-11(16-17)7-2-3-7)9-5-4-8(13)6-10(9)14/h4-7H,2-3,14H2,1H3. The normalized spacial score (nSPS) is 15.2. The Balaban J connectivity index is 2.07. The van der Waals surface area contributed by atoms with Crippen LogP contribution in [0.4, 0.5) is 10.1 Å². The first-order valence-corrected chi connectivity index (χ1v) is 5.61. The van der Waals surface area contributed by atoms with Gasteiger partial charge in [0, 0.05) is 24.2 Å². The van der Waals surface area contributed by atoms with Crippen LogP contribution in [0.5, 0.6) is 0 Å². The molecule has 5 heteroatoms. The molecule has 2 N–H and O–H groups in total. The van der Waals surface area contributed by atoms with Gasteiger partial charge in [0.25, 0.3) is 0 Å². The van der Waals surface area contributed by atoms with E-state index in [1.807, 2.05) is 7.05 Å². The summed E-state index contributed by atoms with van der Waals surface area (Å²) in [6, 6.07) is 4.34. The lowest BCUT2D eigenvalue weighted by atomic mass is 10.1. The van der Waals surface area contributed by atoms with Gasteiger partial charge in [-0.25, -0.2) is 14.1 Å². The summed E-state index contributed by atoms with van der Waals surface area (Å²) < 4.78 is 14.7. The van der Waals surface area contributed by atoms with Gasteiger partial charge in [-0.15, -0.1) is 0 Å². The van der Waals surface area contributed by atoms with Crippen LogP contribution in [0.2, 0.25) is 0 Å². The summed E-state index contributed by atoms with van der Waals surface area (Å²) in [5, 5.41) is 4.37. The van der Waals surface area contributed by atoms with Gasteiger partial charge in [0.15, 0.2) is 11.6 Å². The zero-order chi connectivity index (χ0) is 12.0. The molecule has 0 amide bonds. The number of hydrogen-bond donors (Lipinski definition) is 1. The van der Waals surface area contributed by atoms with Crippen molar-refractivity contribution in [2.45, 2.75) is 18.8 Å². The van der Waals surface area contributed by atoms with Crippen molar-refractivity contribution < 1.29 is 4.39 Å². The van der Waals surface area contributed by atoms with Gasteiger partial charge in [0.2, 0.25) is 0 Å². The van der Waals surface area contributed by atoms with E-state index in [-0.39, 0.29) is 5.82 Å². The first-order chi connectivity index (χ1) is 8.15. The fraction of sp³-hybridized carbons (Fsp3) is 0.333. The number of anilines is 1. The second kappa shape index (κ2) is 3.55. The summed E-state index contributed by atoms with van der Waals surface area (Å²) >= 11 is 0. The van der Waals surface area contributed by atoms with Gasteiger partial charge in [-0.3, -0.25) is 0 Å². The molecule has 1 aliphatic rings. The molecule has 1 aromatic carbocycles. The molecular weight excluding hydrogens is 219 g/mol.